The number of hydrogen-bond acceptors (Lipinski definition) is 4. The van der Waals surface area contributed by atoms with E-state index in [9.17, 15) is 23.1 Å². The number of alkyl halides is 3. The zero-order valence-electron chi connectivity index (χ0n) is 15.1. The molecule has 0 saturated carbocycles. The number of rotatable bonds is 9. The van der Waals surface area contributed by atoms with Crippen molar-refractivity contribution in [3.8, 4) is 0 Å². The molecule has 25 heavy (non-hydrogen) atoms. The molecule has 1 N–H and O–H groups in total. The van der Waals surface area contributed by atoms with E-state index < -0.39 is 23.8 Å². The van der Waals surface area contributed by atoms with Crippen LogP contribution in [0.3, 0.4) is 0 Å². The minimum atomic E-state index is -4.74. The molecule has 1 rings (SSSR count). The molecule has 0 radical (unpaired) electrons. The van der Waals surface area contributed by atoms with Gasteiger partial charge in [-0.05, 0) is 38.5 Å². The third-order valence-corrected chi connectivity index (χ3v) is 4.73. The van der Waals surface area contributed by atoms with Gasteiger partial charge in [0.15, 0.2) is 5.60 Å². The summed E-state index contributed by atoms with van der Waals surface area (Å²) in [6.07, 6.45) is -2.82. The van der Waals surface area contributed by atoms with E-state index in [0.29, 0.717) is 26.0 Å². The SMILES string of the molecule is CCCCOC(=O)N1CCCC(C(O)(CCCCOC)C(F)(F)F)C1. The average Bonchev–Trinajstić information content (AvgIpc) is 2.57. The van der Waals surface area contributed by atoms with Gasteiger partial charge >= 0.3 is 12.3 Å². The number of unbranched alkanes of at least 4 members (excludes halogenated alkanes) is 2. The Kier molecular flexibility index (Phi) is 8.99. The second-order valence-electron chi connectivity index (χ2n) is 6.63. The number of halogens is 3. The molecule has 148 valence electrons. The summed E-state index contributed by atoms with van der Waals surface area (Å²) in [5.41, 5.74) is -2.79. The first-order chi connectivity index (χ1) is 11.8. The smallest absolute Gasteiger partial charge is 0.417 e. The molecule has 1 aliphatic heterocycles. The third kappa shape index (κ3) is 6.33. The highest BCUT2D eigenvalue weighted by molar-refractivity contribution is 5.67. The number of hydrogen-bond donors (Lipinski definition) is 1. The molecule has 1 amide bonds. The van der Waals surface area contributed by atoms with Crippen molar-refractivity contribution >= 4 is 6.09 Å². The van der Waals surface area contributed by atoms with Crippen molar-refractivity contribution in [1.82, 2.24) is 4.90 Å². The third-order valence-electron chi connectivity index (χ3n) is 4.73. The fourth-order valence-corrected chi connectivity index (χ4v) is 3.15. The lowest BCUT2D eigenvalue weighted by atomic mass is 9.78. The van der Waals surface area contributed by atoms with Gasteiger partial charge in [-0.25, -0.2) is 4.79 Å². The van der Waals surface area contributed by atoms with E-state index in [1.54, 1.807) is 0 Å². The fourth-order valence-electron chi connectivity index (χ4n) is 3.15. The largest absolute Gasteiger partial charge is 0.449 e. The van der Waals surface area contributed by atoms with Gasteiger partial charge in [-0.2, -0.15) is 13.2 Å². The summed E-state index contributed by atoms with van der Waals surface area (Å²) in [5.74, 6) is -1.04. The van der Waals surface area contributed by atoms with Crippen LogP contribution < -0.4 is 0 Å². The number of ether oxygens (including phenoxy) is 2. The Labute approximate surface area is 147 Å². The second kappa shape index (κ2) is 10.2. The molecule has 8 heteroatoms. The Morgan fingerprint density at radius 3 is 2.56 bits per heavy atom. The van der Waals surface area contributed by atoms with Crippen molar-refractivity contribution in [2.24, 2.45) is 5.92 Å². The summed E-state index contributed by atoms with van der Waals surface area (Å²) in [5, 5.41) is 10.4. The van der Waals surface area contributed by atoms with E-state index in [-0.39, 0.29) is 32.4 Å². The summed E-state index contributed by atoms with van der Waals surface area (Å²) in [6, 6.07) is 0. The Balaban J connectivity index is 2.72. The van der Waals surface area contributed by atoms with E-state index in [2.05, 4.69) is 0 Å². The van der Waals surface area contributed by atoms with Gasteiger partial charge in [0, 0.05) is 32.7 Å². The molecule has 0 spiro atoms. The first-order valence-electron chi connectivity index (χ1n) is 8.96. The summed E-state index contributed by atoms with van der Waals surface area (Å²) in [4.78, 5) is 13.3. The maximum absolute atomic E-state index is 13.6. The summed E-state index contributed by atoms with van der Waals surface area (Å²) in [6.45, 7) is 2.80. The van der Waals surface area contributed by atoms with Crippen LogP contribution in [0.2, 0.25) is 0 Å². The maximum atomic E-state index is 13.6. The Morgan fingerprint density at radius 1 is 1.24 bits per heavy atom. The maximum Gasteiger partial charge on any atom is 0.417 e. The van der Waals surface area contributed by atoms with E-state index in [0.717, 1.165) is 12.8 Å². The minimum Gasteiger partial charge on any atom is -0.449 e. The van der Waals surface area contributed by atoms with Gasteiger partial charge in [0.25, 0.3) is 0 Å². The summed E-state index contributed by atoms with van der Waals surface area (Å²) < 4.78 is 50.6. The predicted molar refractivity (Wildman–Crippen MR) is 87.3 cm³/mol. The van der Waals surface area contributed by atoms with Crippen molar-refractivity contribution in [2.45, 2.75) is 63.6 Å². The number of carbonyl (C=O) groups is 1. The first-order valence-corrected chi connectivity index (χ1v) is 8.96. The van der Waals surface area contributed by atoms with Crippen LogP contribution in [-0.2, 0) is 9.47 Å². The number of aliphatic hydroxyl groups is 1. The lowest BCUT2D eigenvalue weighted by Crippen LogP contribution is -2.57. The monoisotopic (exact) mass is 369 g/mol. The molecule has 1 fully saturated rings. The predicted octanol–water partition coefficient (Wildman–Crippen LogP) is 3.75. The molecule has 0 aromatic rings. The van der Waals surface area contributed by atoms with E-state index in [4.69, 9.17) is 9.47 Å². The average molecular weight is 369 g/mol. The van der Waals surface area contributed by atoms with Crippen LogP contribution in [0.15, 0.2) is 0 Å². The van der Waals surface area contributed by atoms with Gasteiger partial charge in [0.1, 0.15) is 0 Å². The number of methoxy groups -OCH3 is 1. The molecule has 0 aliphatic carbocycles. The number of likely N-dealkylation sites (tertiary alicyclic amines) is 1. The molecule has 1 saturated heterocycles. The van der Waals surface area contributed by atoms with Crippen LogP contribution in [-0.4, -0.2) is 61.3 Å². The zero-order chi connectivity index (χ0) is 18.9. The Hall–Kier alpha value is -1.02. The molecule has 0 aromatic heterocycles. The zero-order valence-corrected chi connectivity index (χ0v) is 15.1. The van der Waals surface area contributed by atoms with Gasteiger partial charge in [0.2, 0.25) is 0 Å². The molecule has 1 heterocycles. The van der Waals surface area contributed by atoms with Crippen molar-refractivity contribution in [2.75, 3.05) is 33.4 Å². The second-order valence-corrected chi connectivity index (χ2v) is 6.63. The van der Waals surface area contributed by atoms with Crippen molar-refractivity contribution in [1.29, 1.82) is 0 Å². The first kappa shape index (κ1) is 22.0. The quantitative estimate of drug-likeness (QED) is 0.629. The van der Waals surface area contributed by atoms with Crippen LogP contribution in [0.5, 0.6) is 0 Å². The highest BCUT2D eigenvalue weighted by Crippen LogP contribution is 2.43. The van der Waals surface area contributed by atoms with Gasteiger partial charge in [-0.1, -0.05) is 13.3 Å². The lowest BCUT2D eigenvalue weighted by molar-refractivity contribution is -0.286. The number of carbonyl (C=O) groups excluding carboxylic acids is 1. The van der Waals surface area contributed by atoms with Gasteiger partial charge in [-0.3, -0.25) is 0 Å². The summed E-state index contributed by atoms with van der Waals surface area (Å²) >= 11 is 0. The molecular formula is C17H30F3NO4. The molecule has 2 unspecified atom stereocenters. The normalized spacial score (nSPS) is 21.0. The highest BCUT2D eigenvalue weighted by Gasteiger charge is 2.58. The Bertz CT molecular complexity index is 406. The lowest BCUT2D eigenvalue weighted by Gasteiger charge is -2.42. The molecular weight excluding hydrogens is 339 g/mol. The fraction of sp³-hybridized carbons (Fsp3) is 0.941. The van der Waals surface area contributed by atoms with Crippen LogP contribution in [0.25, 0.3) is 0 Å². The van der Waals surface area contributed by atoms with E-state index in [1.807, 2.05) is 6.92 Å². The highest BCUT2D eigenvalue weighted by atomic mass is 19.4. The number of piperidine rings is 1. The Morgan fingerprint density at radius 2 is 1.96 bits per heavy atom. The minimum absolute atomic E-state index is 0.134. The van der Waals surface area contributed by atoms with E-state index >= 15 is 0 Å². The molecule has 2 atom stereocenters. The van der Waals surface area contributed by atoms with Crippen LogP contribution in [0.1, 0.15) is 51.9 Å². The topological polar surface area (TPSA) is 59.0 Å². The summed E-state index contributed by atoms with van der Waals surface area (Å²) in [7, 11) is 1.49. The van der Waals surface area contributed by atoms with Crippen molar-refractivity contribution in [3.63, 3.8) is 0 Å². The van der Waals surface area contributed by atoms with Gasteiger partial charge in [0.05, 0.1) is 6.61 Å². The van der Waals surface area contributed by atoms with Gasteiger partial charge in [-0.15, -0.1) is 0 Å². The van der Waals surface area contributed by atoms with Crippen molar-refractivity contribution in [3.05, 3.63) is 0 Å². The van der Waals surface area contributed by atoms with E-state index in [1.165, 1.54) is 12.0 Å². The van der Waals surface area contributed by atoms with Gasteiger partial charge < -0.3 is 19.5 Å². The van der Waals surface area contributed by atoms with Crippen molar-refractivity contribution < 1.29 is 32.5 Å². The number of amides is 1. The van der Waals surface area contributed by atoms with Crippen LogP contribution in [0.4, 0.5) is 18.0 Å². The van der Waals surface area contributed by atoms with Crippen LogP contribution in [0, 0.1) is 5.92 Å². The molecule has 1 aliphatic rings. The molecule has 0 aromatic carbocycles. The molecule has 5 nitrogen and oxygen atoms in total. The standard InChI is InChI=1S/C17H30F3NO4/c1-3-4-12-25-15(22)21-10-7-8-14(13-21)16(23,17(18,19)20)9-5-6-11-24-2/h14,23H,3-13H2,1-2H3. The molecule has 0 bridgehead atoms. The van der Waals surface area contributed by atoms with Crippen LogP contribution >= 0.6 is 0 Å². The number of nitrogens with zero attached hydrogens (tertiary/aromatic N) is 1.